The van der Waals surface area contributed by atoms with Crippen molar-refractivity contribution in [2.75, 3.05) is 0 Å². The molecule has 36 heavy (non-hydrogen) atoms. The van der Waals surface area contributed by atoms with E-state index in [1.165, 1.54) is 33.2 Å². The number of rotatable bonds is 8. The Morgan fingerprint density at radius 1 is 1.17 bits per heavy atom. The van der Waals surface area contributed by atoms with Crippen molar-refractivity contribution in [1.29, 1.82) is 0 Å². The number of nitrogens with zero attached hydrogens (tertiary/aromatic N) is 5. The molecular weight excluding hydrogens is 480 g/mol. The minimum Gasteiger partial charge on any atom is -0.508 e. The maximum Gasteiger partial charge on any atom is 0.247 e. The van der Waals surface area contributed by atoms with Crippen molar-refractivity contribution < 1.29 is 19.1 Å². The quantitative estimate of drug-likeness (QED) is 0.372. The lowest BCUT2D eigenvalue weighted by molar-refractivity contribution is -0.143. The monoisotopic (exact) mass is 508 g/mol. The SMILES string of the molecule is Cc1ccc(-c2nnn(CC(=O)N(Cc3cccs3)C(C(=O)NC(C)(C)C)c3ccc(O)cc3)n2)o1. The van der Waals surface area contributed by atoms with E-state index in [9.17, 15) is 14.7 Å². The van der Waals surface area contributed by atoms with Gasteiger partial charge in [-0.15, -0.1) is 21.5 Å². The number of aryl methyl sites for hydroxylation is 1. The highest BCUT2D eigenvalue weighted by Gasteiger charge is 2.34. The van der Waals surface area contributed by atoms with Crippen LogP contribution in [0, 0.1) is 6.92 Å². The fraction of sp³-hybridized carbons (Fsp3) is 0.320. The Balaban J connectivity index is 1.67. The van der Waals surface area contributed by atoms with E-state index in [0.29, 0.717) is 17.1 Å². The molecule has 1 atom stereocenters. The molecular formula is C25H28N6O4S. The molecule has 1 aromatic carbocycles. The van der Waals surface area contributed by atoms with E-state index in [1.807, 2.05) is 45.2 Å². The van der Waals surface area contributed by atoms with Crippen LogP contribution in [0.5, 0.6) is 5.75 Å². The highest BCUT2D eigenvalue weighted by molar-refractivity contribution is 7.09. The van der Waals surface area contributed by atoms with E-state index in [1.54, 1.807) is 24.3 Å². The fourth-order valence-electron chi connectivity index (χ4n) is 3.64. The second-order valence-electron chi connectivity index (χ2n) is 9.39. The van der Waals surface area contributed by atoms with Crippen LogP contribution in [0.1, 0.15) is 43.0 Å². The first kappa shape index (κ1) is 25.1. The number of hydrogen-bond donors (Lipinski definition) is 2. The normalized spacial score (nSPS) is 12.3. The van der Waals surface area contributed by atoms with Crippen LogP contribution in [0.25, 0.3) is 11.6 Å². The predicted octanol–water partition coefficient (Wildman–Crippen LogP) is 3.69. The largest absolute Gasteiger partial charge is 0.508 e. The number of phenols is 1. The van der Waals surface area contributed by atoms with Crippen molar-refractivity contribution in [3.05, 3.63) is 70.1 Å². The van der Waals surface area contributed by atoms with Gasteiger partial charge in [0, 0.05) is 10.4 Å². The molecule has 3 heterocycles. The fourth-order valence-corrected chi connectivity index (χ4v) is 4.34. The molecule has 2 N–H and O–H groups in total. The van der Waals surface area contributed by atoms with Crippen LogP contribution in [0.15, 0.2) is 58.3 Å². The summed E-state index contributed by atoms with van der Waals surface area (Å²) in [4.78, 5) is 30.8. The van der Waals surface area contributed by atoms with E-state index >= 15 is 0 Å². The minimum atomic E-state index is -0.949. The van der Waals surface area contributed by atoms with Gasteiger partial charge in [0.1, 0.15) is 24.1 Å². The molecule has 3 aromatic heterocycles. The molecule has 0 aliphatic rings. The Labute approximate surface area is 212 Å². The number of carbonyl (C=O) groups excluding carboxylic acids is 2. The third kappa shape index (κ3) is 6.16. The Morgan fingerprint density at radius 2 is 1.92 bits per heavy atom. The molecule has 0 bridgehead atoms. The van der Waals surface area contributed by atoms with E-state index in [0.717, 1.165) is 4.88 Å². The summed E-state index contributed by atoms with van der Waals surface area (Å²) in [7, 11) is 0. The first-order chi connectivity index (χ1) is 17.1. The Morgan fingerprint density at radius 3 is 2.53 bits per heavy atom. The lowest BCUT2D eigenvalue weighted by Crippen LogP contribution is -2.49. The molecule has 4 rings (SSSR count). The number of aromatic hydroxyl groups is 1. The lowest BCUT2D eigenvalue weighted by atomic mass is 10.0. The number of furan rings is 1. The van der Waals surface area contributed by atoms with Crippen molar-refractivity contribution in [3.8, 4) is 17.3 Å². The number of aromatic nitrogens is 4. The van der Waals surface area contributed by atoms with Gasteiger partial charge in [-0.3, -0.25) is 9.59 Å². The molecule has 2 amide bonds. The van der Waals surface area contributed by atoms with E-state index < -0.39 is 11.6 Å². The standard InChI is InChI=1S/C25H28N6O4S/c1-16-7-12-20(35-16)23-27-29-31(28-23)15-21(33)30(14-19-6-5-13-36-19)22(24(34)26-25(2,3)4)17-8-10-18(32)11-9-17/h5-13,22,32H,14-15H2,1-4H3,(H,26,34). The van der Waals surface area contributed by atoms with Gasteiger partial charge in [-0.2, -0.15) is 4.80 Å². The third-order valence-electron chi connectivity index (χ3n) is 5.18. The van der Waals surface area contributed by atoms with Crippen LogP contribution in [0.2, 0.25) is 0 Å². The number of carbonyl (C=O) groups is 2. The second kappa shape index (κ2) is 10.3. The van der Waals surface area contributed by atoms with Crippen LogP contribution in [0.4, 0.5) is 0 Å². The number of amides is 2. The van der Waals surface area contributed by atoms with Gasteiger partial charge >= 0.3 is 0 Å². The lowest BCUT2D eigenvalue weighted by Gasteiger charge is -2.33. The van der Waals surface area contributed by atoms with Gasteiger partial charge in [-0.25, -0.2) is 0 Å². The zero-order valence-corrected chi connectivity index (χ0v) is 21.3. The van der Waals surface area contributed by atoms with Crippen LogP contribution in [-0.4, -0.2) is 47.6 Å². The molecule has 0 aliphatic carbocycles. The Hall–Kier alpha value is -3.99. The Kier molecular flexibility index (Phi) is 7.20. The number of phenolic OH excluding ortho intramolecular Hbond substituents is 1. The summed E-state index contributed by atoms with van der Waals surface area (Å²) in [6.07, 6.45) is 0. The maximum absolute atomic E-state index is 13.7. The van der Waals surface area contributed by atoms with Crippen LogP contribution < -0.4 is 5.32 Å². The molecule has 0 radical (unpaired) electrons. The van der Waals surface area contributed by atoms with Crippen molar-refractivity contribution in [2.45, 2.75) is 52.4 Å². The Bertz CT molecular complexity index is 1320. The van der Waals surface area contributed by atoms with Crippen LogP contribution >= 0.6 is 11.3 Å². The highest BCUT2D eigenvalue weighted by Crippen LogP contribution is 2.28. The predicted molar refractivity (Wildman–Crippen MR) is 134 cm³/mol. The molecule has 11 heteroatoms. The smallest absolute Gasteiger partial charge is 0.247 e. The van der Waals surface area contributed by atoms with Crippen LogP contribution in [-0.2, 0) is 22.7 Å². The van der Waals surface area contributed by atoms with Crippen molar-refractivity contribution in [2.24, 2.45) is 0 Å². The van der Waals surface area contributed by atoms with E-state index in [4.69, 9.17) is 4.42 Å². The molecule has 188 valence electrons. The van der Waals surface area contributed by atoms with E-state index in [2.05, 4.69) is 20.7 Å². The zero-order chi connectivity index (χ0) is 25.9. The summed E-state index contributed by atoms with van der Waals surface area (Å²) in [5.74, 6) is 0.787. The van der Waals surface area contributed by atoms with Crippen molar-refractivity contribution >= 4 is 23.2 Å². The summed E-state index contributed by atoms with van der Waals surface area (Å²) >= 11 is 1.49. The van der Waals surface area contributed by atoms with Crippen molar-refractivity contribution in [3.63, 3.8) is 0 Å². The number of nitrogens with one attached hydrogen (secondary N) is 1. The van der Waals surface area contributed by atoms with Gasteiger partial charge in [0.05, 0.1) is 6.54 Å². The number of hydrogen-bond acceptors (Lipinski definition) is 8. The zero-order valence-electron chi connectivity index (χ0n) is 20.5. The molecule has 4 aromatic rings. The van der Waals surface area contributed by atoms with Gasteiger partial charge in [0.15, 0.2) is 5.76 Å². The highest BCUT2D eigenvalue weighted by atomic mass is 32.1. The summed E-state index contributed by atoms with van der Waals surface area (Å²) in [6.45, 7) is 7.42. The van der Waals surface area contributed by atoms with E-state index in [-0.39, 0.29) is 36.5 Å². The van der Waals surface area contributed by atoms with Gasteiger partial charge in [0.2, 0.25) is 17.6 Å². The topological polar surface area (TPSA) is 126 Å². The average molecular weight is 509 g/mol. The first-order valence-corrected chi connectivity index (χ1v) is 12.2. The maximum atomic E-state index is 13.7. The van der Waals surface area contributed by atoms with Gasteiger partial charge in [-0.1, -0.05) is 18.2 Å². The molecule has 0 spiro atoms. The van der Waals surface area contributed by atoms with Crippen molar-refractivity contribution in [1.82, 2.24) is 30.4 Å². The molecule has 0 aliphatic heterocycles. The molecule has 1 unspecified atom stereocenters. The summed E-state index contributed by atoms with van der Waals surface area (Å²) in [6, 6.07) is 12.7. The number of tetrazole rings is 1. The molecule has 0 fully saturated rings. The molecule has 10 nitrogen and oxygen atoms in total. The van der Waals surface area contributed by atoms with Gasteiger partial charge in [-0.05, 0) is 74.2 Å². The summed E-state index contributed by atoms with van der Waals surface area (Å²) < 4.78 is 5.54. The van der Waals surface area contributed by atoms with Gasteiger partial charge < -0.3 is 19.7 Å². The molecule has 0 saturated heterocycles. The summed E-state index contributed by atoms with van der Waals surface area (Å²) in [5, 5.41) is 27.0. The average Bonchev–Trinajstić information content (AvgIpc) is 3.56. The number of thiophene rings is 1. The second-order valence-corrected chi connectivity index (χ2v) is 10.4. The third-order valence-corrected chi connectivity index (χ3v) is 6.05. The molecule has 0 saturated carbocycles. The first-order valence-electron chi connectivity index (χ1n) is 11.4. The summed E-state index contributed by atoms with van der Waals surface area (Å²) in [5.41, 5.74) is 0.0470. The van der Waals surface area contributed by atoms with Crippen LogP contribution in [0.3, 0.4) is 0 Å². The minimum absolute atomic E-state index is 0.0670. The number of benzene rings is 1. The van der Waals surface area contributed by atoms with Gasteiger partial charge in [0.25, 0.3) is 0 Å².